The second kappa shape index (κ2) is 11.6. The van der Waals surface area contributed by atoms with Crippen LogP contribution < -0.4 is 21.7 Å². The Morgan fingerprint density at radius 3 is 2.58 bits per heavy atom. The van der Waals surface area contributed by atoms with Gasteiger partial charge in [-0.1, -0.05) is 49.1 Å². The Hall–Kier alpha value is -4.02. The number of benzene rings is 2. The molecule has 1 fully saturated rings. The third-order valence-electron chi connectivity index (χ3n) is 7.21. The summed E-state index contributed by atoms with van der Waals surface area (Å²) < 4.78 is 4.02. The molecule has 0 radical (unpaired) electrons. The molecule has 0 unspecified atom stereocenters. The summed E-state index contributed by atoms with van der Waals surface area (Å²) in [7, 11) is 0. The number of hydrogen-bond donors (Lipinski definition) is 3. The third-order valence-corrected chi connectivity index (χ3v) is 8.47. The zero-order chi connectivity index (χ0) is 28.4. The minimum absolute atomic E-state index is 0.000584. The van der Waals surface area contributed by atoms with Crippen LogP contribution in [-0.2, 0) is 4.79 Å². The number of primary amides is 1. The average molecular weight is 577 g/mol. The molecule has 4 aromatic rings. The largest absolute Gasteiger partial charge is 0.395 e. The molecule has 1 saturated carbocycles. The van der Waals surface area contributed by atoms with E-state index in [4.69, 9.17) is 23.1 Å². The van der Waals surface area contributed by atoms with Crippen molar-refractivity contribution in [1.82, 2.24) is 14.7 Å². The van der Waals surface area contributed by atoms with Crippen LogP contribution in [0.2, 0.25) is 5.02 Å². The highest BCUT2D eigenvalue weighted by atomic mass is 35.5. The Morgan fingerprint density at radius 1 is 1.10 bits per heavy atom. The van der Waals surface area contributed by atoms with E-state index in [1.165, 1.54) is 4.90 Å². The van der Waals surface area contributed by atoms with Crippen LogP contribution in [0.5, 0.6) is 0 Å². The van der Waals surface area contributed by atoms with Crippen LogP contribution in [0.3, 0.4) is 0 Å². The van der Waals surface area contributed by atoms with Gasteiger partial charge in [0.2, 0.25) is 5.91 Å². The number of nitrogens with two attached hydrogens (primary N) is 2. The molecule has 2 aromatic heterocycles. The second-order valence-corrected chi connectivity index (χ2v) is 11.1. The molecule has 9 nitrogen and oxygen atoms in total. The summed E-state index contributed by atoms with van der Waals surface area (Å²) in [5, 5.41) is 4.43. The quantitative estimate of drug-likeness (QED) is 0.277. The molecule has 1 atom stereocenters. The molecule has 0 bridgehead atoms. The van der Waals surface area contributed by atoms with E-state index in [9.17, 15) is 14.4 Å². The van der Waals surface area contributed by atoms with Crippen LogP contribution in [0.1, 0.15) is 69.4 Å². The van der Waals surface area contributed by atoms with Crippen molar-refractivity contribution in [3.8, 4) is 0 Å². The number of pyridine rings is 1. The van der Waals surface area contributed by atoms with E-state index in [0.717, 1.165) is 60.1 Å². The number of nitrogens with one attached hydrogen (secondary N) is 1. The van der Waals surface area contributed by atoms with Crippen LogP contribution >= 0.6 is 23.1 Å². The maximum Gasteiger partial charge on any atom is 0.273 e. The Bertz CT molecular complexity index is 1600. The van der Waals surface area contributed by atoms with Gasteiger partial charge in [0.25, 0.3) is 11.8 Å². The average Bonchev–Trinajstić information content (AvgIpc) is 3.34. The molecule has 3 amide bonds. The van der Waals surface area contributed by atoms with Gasteiger partial charge in [-0.2, -0.15) is 4.37 Å². The van der Waals surface area contributed by atoms with Gasteiger partial charge < -0.3 is 16.8 Å². The van der Waals surface area contributed by atoms with Crippen molar-refractivity contribution in [1.29, 1.82) is 0 Å². The van der Waals surface area contributed by atoms with Crippen molar-refractivity contribution in [3.63, 3.8) is 0 Å². The Balaban J connectivity index is 1.68. The SMILES string of the molecule is Cc1ccc(N(C(=O)c2snc(C(N)=O)c2N)[C@@H](C(=O)NC2CCCCC2)c2ccc3ncccc3c2)cc1Cl. The van der Waals surface area contributed by atoms with Gasteiger partial charge in [0.05, 0.1) is 11.2 Å². The molecule has 5 N–H and O–H groups in total. The van der Waals surface area contributed by atoms with E-state index >= 15 is 0 Å². The van der Waals surface area contributed by atoms with E-state index in [-0.39, 0.29) is 28.2 Å². The summed E-state index contributed by atoms with van der Waals surface area (Å²) in [6.07, 6.45) is 6.62. The minimum Gasteiger partial charge on any atom is -0.395 e. The number of halogens is 1. The fraction of sp³-hybridized carbons (Fsp3) is 0.276. The van der Waals surface area contributed by atoms with E-state index in [2.05, 4.69) is 14.7 Å². The molecule has 11 heteroatoms. The number of carbonyl (C=O) groups is 3. The highest BCUT2D eigenvalue weighted by Crippen LogP contribution is 2.36. The number of hydrogen-bond acceptors (Lipinski definition) is 7. The number of nitrogens with zero attached hydrogens (tertiary/aromatic N) is 3. The second-order valence-electron chi connectivity index (χ2n) is 9.95. The first-order valence-electron chi connectivity index (χ1n) is 13.0. The molecule has 1 aliphatic carbocycles. The van der Waals surface area contributed by atoms with Crippen molar-refractivity contribution in [2.45, 2.75) is 51.1 Å². The first kappa shape index (κ1) is 27.5. The van der Waals surface area contributed by atoms with Gasteiger partial charge in [-0.3, -0.25) is 24.3 Å². The fourth-order valence-corrected chi connectivity index (χ4v) is 5.98. The third kappa shape index (κ3) is 5.50. The van der Waals surface area contributed by atoms with E-state index in [1.807, 2.05) is 31.2 Å². The number of amides is 3. The van der Waals surface area contributed by atoms with Crippen LogP contribution in [-0.4, -0.2) is 33.1 Å². The van der Waals surface area contributed by atoms with Crippen LogP contribution in [0.25, 0.3) is 10.9 Å². The number of carbonyl (C=O) groups excluding carboxylic acids is 3. The van der Waals surface area contributed by atoms with Crippen molar-refractivity contribution < 1.29 is 14.4 Å². The Kier molecular flexibility index (Phi) is 7.99. The normalized spacial score (nSPS) is 14.6. The Labute approximate surface area is 240 Å². The number of anilines is 2. The lowest BCUT2D eigenvalue weighted by atomic mass is 9.94. The minimum atomic E-state index is -1.09. The van der Waals surface area contributed by atoms with Crippen LogP contribution in [0, 0.1) is 6.92 Å². The monoisotopic (exact) mass is 576 g/mol. The lowest BCUT2D eigenvalue weighted by Gasteiger charge is -2.33. The lowest BCUT2D eigenvalue weighted by Crippen LogP contribution is -2.47. The maximum atomic E-state index is 14.3. The van der Waals surface area contributed by atoms with Gasteiger partial charge in [0.15, 0.2) is 5.69 Å². The van der Waals surface area contributed by atoms with Gasteiger partial charge in [-0.05, 0) is 72.8 Å². The van der Waals surface area contributed by atoms with Gasteiger partial charge >= 0.3 is 0 Å². The first-order valence-corrected chi connectivity index (χ1v) is 14.2. The zero-order valence-electron chi connectivity index (χ0n) is 21.9. The Morgan fingerprint density at radius 2 is 1.88 bits per heavy atom. The lowest BCUT2D eigenvalue weighted by molar-refractivity contribution is -0.123. The summed E-state index contributed by atoms with van der Waals surface area (Å²) in [5.74, 6) is -1.78. The van der Waals surface area contributed by atoms with Gasteiger partial charge in [-0.15, -0.1) is 0 Å². The van der Waals surface area contributed by atoms with Crippen molar-refractivity contribution in [2.75, 3.05) is 10.6 Å². The van der Waals surface area contributed by atoms with Crippen molar-refractivity contribution in [2.24, 2.45) is 5.73 Å². The molecule has 1 aliphatic rings. The van der Waals surface area contributed by atoms with Crippen LogP contribution in [0.4, 0.5) is 11.4 Å². The molecule has 2 heterocycles. The molecular formula is C29H29ClN6O3S. The molecule has 0 spiro atoms. The molecule has 2 aromatic carbocycles. The number of aryl methyl sites for hydroxylation is 1. The van der Waals surface area contributed by atoms with E-state index in [1.54, 1.807) is 30.5 Å². The summed E-state index contributed by atoms with van der Waals surface area (Å²) >= 11 is 7.27. The van der Waals surface area contributed by atoms with Crippen LogP contribution in [0.15, 0.2) is 54.7 Å². The molecule has 206 valence electrons. The highest BCUT2D eigenvalue weighted by molar-refractivity contribution is 7.09. The van der Waals surface area contributed by atoms with E-state index in [0.29, 0.717) is 16.3 Å². The standard InChI is InChI=1S/C29H29ClN6O3S/c1-16-9-11-20(15-21(16)30)36(29(39)26-23(31)24(27(32)37)35-40-26)25(28(38)34-19-7-3-2-4-8-19)18-10-12-22-17(14-18)6-5-13-33-22/h5-6,9-15,19,25H,2-4,7-8,31H2,1H3,(H2,32,37)(H,34,38)/t25-/m1/s1. The summed E-state index contributed by atoms with van der Waals surface area (Å²) in [4.78, 5) is 46.1. The zero-order valence-corrected chi connectivity index (χ0v) is 23.5. The molecular weight excluding hydrogens is 548 g/mol. The van der Waals surface area contributed by atoms with Crippen molar-refractivity contribution in [3.05, 3.63) is 81.4 Å². The number of aromatic nitrogens is 2. The summed E-state index contributed by atoms with van der Waals surface area (Å²) in [6, 6.07) is 13.3. The van der Waals surface area contributed by atoms with Gasteiger partial charge in [0.1, 0.15) is 10.9 Å². The molecule has 0 saturated heterocycles. The highest BCUT2D eigenvalue weighted by Gasteiger charge is 2.37. The number of rotatable bonds is 7. The molecule has 0 aliphatic heterocycles. The number of nitrogen functional groups attached to an aromatic ring is 1. The molecule has 40 heavy (non-hydrogen) atoms. The van der Waals surface area contributed by atoms with E-state index < -0.39 is 17.9 Å². The number of fused-ring (bicyclic) bond motifs is 1. The predicted molar refractivity (Wildman–Crippen MR) is 158 cm³/mol. The maximum absolute atomic E-state index is 14.3. The summed E-state index contributed by atoms with van der Waals surface area (Å²) in [6.45, 7) is 1.85. The molecule has 5 rings (SSSR count). The van der Waals surface area contributed by atoms with Gasteiger partial charge in [0, 0.05) is 28.3 Å². The smallest absolute Gasteiger partial charge is 0.273 e. The van der Waals surface area contributed by atoms with Crippen molar-refractivity contribution >= 4 is 63.1 Å². The first-order chi connectivity index (χ1) is 19.2. The van der Waals surface area contributed by atoms with Gasteiger partial charge in [-0.25, -0.2) is 0 Å². The predicted octanol–water partition coefficient (Wildman–Crippen LogP) is 5.17. The topological polar surface area (TPSA) is 144 Å². The summed E-state index contributed by atoms with van der Waals surface area (Å²) in [5.41, 5.74) is 13.8. The fourth-order valence-electron chi connectivity index (χ4n) is 5.06.